The molecule has 1 aliphatic rings. The molecular formula is C9H14N2O4S. The molecule has 1 aliphatic heterocycles. The lowest BCUT2D eigenvalue weighted by Gasteiger charge is -2.36. The van der Waals surface area contributed by atoms with Gasteiger partial charge in [0.2, 0.25) is 10.0 Å². The zero-order valence-electron chi connectivity index (χ0n) is 9.01. The SMILES string of the molecule is CC1(C(=O)O)CCCN(S(=O)(=O)CC#N)C1. The maximum atomic E-state index is 11.6. The van der Waals surface area contributed by atoms with Gasteiger partial charge in [0, 0.05) is 13.1 Å². The number of aliphatic carboxylic acids is 1. The smallest absolute Gasteiger partial charge is 0.310 e. The number of hydrogen-bond acceptors (Lipinski definition) is 4. The number of nitrogens with zero attached hydrogens (tertiary/aromatic N) is 2. The fourth-order valence-corrected chi connectivity index (χ4v) is 3.01. The van der Waals surface area contributed by atoms with Gasteiger partial charge in [-0.15, -0.1) is 0 Å². The first kappa shape index (κ1) is 12.9. The molecule has 0 radical (unpaired) electrons. The number of carboxylic acids is 1. The number of rotatable bonds is 3. The van der Waals surface area contributed by atoms with Crippen LogP contribution in [0.3, 0.4) is 0 Å². The molecule has 1 heterocycles. The summed E-state index contributed by atoms with van der Waals surface area (Å²) in [5.41, 5.74) is -1.04. The zero-order valence-corrected chi connectivity index (χ0v) is 9.83. The fourth-order valence-electron chi connectivity index (χ4n) is 1.78. The summed E-state index contributed by atoms with van der Waals surface area (Å²) in [7, 11) is -3.63. The second-order valence-electron chi connectivity index (χ2n) is 4.22. The Labute approximate surface area is 94.5 Å². The minimum absolute atomic E-state index is 0.0493. The number of sulfonamides is 1. The molecule has 1 rings (SSSR count). The summed E-state index contributed by atoms with van der Waals surface area (Å²) >= 11 is 0. The van der Waals surface area contributed by atoms with Gasteiger partial charge in [0.1, 0.15) is 0 Å². The van der Waals surface area contributed by atoms with Gasteiger partial charge in [-0.1, -0.05) is 0 Å². The van der Waals surface area contributed by atoms with Gasteiger partial charge in [-0.2, -0.15) is 9.57 Å². The molecule has 1 unspecified atom stereocenters. The summed E-state index contributed by atoms with van der Waals surface area (Å²) < 4.78 is 24.3. The monoisotopic (exact) mass is 246 g/mol. The number of nitriles is 1. The summed E-state index contributed by atoms with van der Waals surface area (Å²) in [5, 5.41) is 17.4. The second-order valence-corrected chi connectivity index (χ2v) is 6.19. The molecule has 16 heavy (non-hydrogen) atoms. The van der Waals surface area contributed by atoms with E-state index in [0.29, 0.717) is 19.4 Å². The van der Waals surface area contributed by atoms with E-state index in [1.54, 1.807) is 6.07 Å². The van der Waals surface area contributed by atoms with Crippen molar-refractivity contribution in [3.05, 3.63) is 0 Å². The fraction of sp³-hybridized carbons (Fsp3) is 0.778. The van der Waals surface area contributed by atoms with E-state index >= 15 is 0 Å². The van der Waals surface area contributed by atoms with Crippen molar-refractivity contribution < 1.29 is 18.3 Å². The summed E-state index contributed by atoms with van der Waals surface area (Å²) in [6.07, 6.45) is 0.967. The Bertz CT molecular complexity index is 425. The topological polar surface area (TPSA) is 98.5 Å². The van der Waals surface area contributed by atoms with Crippen LogP contribution in [0.2, 0.25) is 0 Å². The van der Waals surface area contributed by atoms with E-state index in [1.807, 2.05) is 0 Å². The third-order valence-corrected chi connectivity index (χ3v) is 4.41. The Kier molecular flexibility index (Phi) is 3.55. The van der Waals surface area contributed by atoms with Crippen LogP contribution in [0.1, 0.15) is 19.8 Å². The van der Waals surface area contributed by atoms with Gasteiger partial charge in [-0.25, -0.2) is 8.42 Å². The maximum absolute atomic E-state index is 11.6. The lowest BCUT2D eigenvalue weighted by atomic mass is 9.83. The second kappa shape index (κ2) is 4.39. The number of hydrogen-bond donors (Lipinski definition) is 1. The van der Waals surface area contributed by atoms with Crippen molar-refractivity contribution in [2.45, 2.75) is 19.8 Å². The van der Waals surface area contributed by atoms with Crippen LogP contribution in [0.15, 0.2) is 0 Å². The Morgan fingerprint density at radius 1 is 1.62 bits per heavy atom. The van der Waals surface area contributed by atoms with Gasteiger partial charge in [-0.05, 0) is 19.8 Å². The van der Waals surface area contributed by atoms with E-state index in [1.165, 1.54) is 6.92 Å². The number of carboxylic acid groups (broad SMARTS) is 1. The minimum Gasteiger partial charge on any atom is -0.481 e. The molecule has 7 heteroatoms. The molecule has 1 saturated heterocycles. The molecule has 0 spiro atoms. The molecule has 0 amide bonds. The largest absolute Gasteiger partial charge is 0.481 e. The highest BCUT2D eigenvalue weighted by Crippen LogP contribution is 2.30. The predicted octanol–water partition coefficient (Wildman–Crippen LogP) is 0.0265. The first-order chi connectivity index (χ1) is 7.32. The summed E-state index contributed by atoms with van der Waals surface area (Å²) in [6, 6.07) is 1.58. The highest BCUT2D eigenvalue weighted by atomic mass is 32.2. The summed E-state index contributed by atoms with van der Waals surface area (Å²) in [4.78, 5) is 11.0. The van der Waals surface area contributed by atoms with Gasteiger partial charge in [0.15, 0.2) is 5.75 Å². The maximum Gasteiger partial charge on any atom is 0.310 e. The van der Waals surface area contributed by atoms with Gasteiger partial charge >= 0.3 is 5.97 Å². The molecular weight excluding hydrogens is 232 g/mol. The third-order valence-electron chi connectivity index (χ3n) is 2.82. The van der Waals surface area contributed by atoms with Crippen LogP contribution in [0.25, 0.3) is 0 Å². The zero-order chi connectivity index (χ0) is 12.4. The lowest BCUT2D eigenvalue weighted by molar-refractivity contribution is -0.150. The van der Waals surface area contributed by atoms with Crippen LogP contribution in [0, 0.1) is 16.7 Å². The van der Waals surface area contributed by atoms with Gasteiger partial charge < -0.3 is 5.11 Å². The van der Waals surface area contributed by atoms with Crippen molar-refractivity contribution in [2.24, 2.45) is 5.41 Å². The van der Waals surface area contributed by atoms with Crippen molar-refractivity contribution >= 4 is 16.0 Å². The minimum atomic E-state index is -3.63. The Morgan fingerprint density at radius 2 is 2.25 bits per heavy atom. The lowest BCUT2D eigenvalue weighted by Crippen LogP contribution is -2.48. The molecule has 0 aromatic rings. The summed E-state index contributed by atoms with van der Waals surface area (Å²) in [6.45, 7) is 1.78. The average molecular weight is 246 g/mol. The normalized spacial score (nSPS) is 27.2. The van der Waals surface area contributed by atoms with E-state index in [2.05, 4.69) is 0 Å². The highest BCUT2D eigenvalue weighted by Gasteiger charge is 2.41. The molecule has 90 valence electrons. The molecule has 0 aromatic carbocycles. The molecule has 1 N–H and O–H groups in total. The van der Waals surface area contributed by atoms with E-state index in [-0.39, 0.29) is 6.54 Å². The van der Waals surface area contributed by atoms with Crippen LogP contribution in [0.4, 0.5) is 0 Å². The standard InChI is InChI=1S/C9H14N2O4S/c1-9(8(12)13)3-2-5-11(7-9)16(14,15)6-4-10/h2-3,5-7H2,1H3,(H,12,13). The van der Waals surface area contributed by atoms with Gasteiger partial charge in [-0.3, -0.25) is 4.79 Å². The van der Waals surface area contributed by atoms with Crippen molar-refractivity contribution in [1.82, 2.24) is 4.31 Å². The van der Waals surface area contributed by atoms with E-state index in [9.17, 15) is 13.2 Å². The number of piperidine rings is 1. The highest BCUT2D eigenvalue weighted by molar-refractivity contribution is 7.89. The van der Waals surface area contributed by atoms with E-state index in [4.69, 9.17) is 10.4 Å². The third kappa shape index (κ3) is 2.51. The first-order valence-corrected chi connectivity index (χ1v) is 6.51. The van der Waals surface area contributed by atoms with Crippen molar-refractivity contribution in [2.75, 3.05) is 18.8 Å². The van der Waals surface area contributed by atoms with Crippen LogP contribution in [-0.4, -0.2) is 42.6 Å². The Balaban J connectivity index is 2.87. The molecule has 1 atom stereocenters. The Hall–Kier alpha value is -1.13. The molecule has 1 fully saturated rings. The summed E-state index contributed by atoms with van der Waals surface area (Å²) in [5.74, 6) is -1.59. The van der Waals surface area contributed by atoms with Crippen LogP contribution in [-0.2, 0) is 14.8 Å². The molecule has 0 saturated carbocycles. The van der Waals surface area contributed by atoms with E-state index < -0.39 is 27.2 Å². The van der Waals surface area contributed by atoms with Gasteiger partial charge in [0.25, 0.3) is 0 Å². The van der Waals surface area contributed by atoms with Crippen LogP contribution < -0.4 is 0 Å². The molecule has 0 aromatic heterocycles. The van der Waals surface area contributed by atoms with E-state index in [0.717, 1.165) is 4.31 Å². The molecule has 0 bridgehead atoms. The average Bonchev–Trinajstić information content (AvgIpc) is 2.17. The number of carbonyl (C=O) groups is 1. The van der Waals surface area contributed by atoms with Crippen molar-refractivity contribution in [1.29, 1.82) is 5.26 Å². The molecule has 0 aliphatic carbocycles. The molecule has 6 nitrogen and oxygen atoms in total. The van der Waals surface area contributed by atoms with Gasteiger partial charge in [0.05, 0.1) is 11.5 Å². The first-order valence-electron chi connectivity index (χ1n) is 4.90. The van der Waals surface area contributed by atoms with Crippen LogP contribution in [0.5, 0.6) is 0 Å². The quantitative estimate of drug-likeness (QED) is 0.757. The van der Waals surface area contributed by atoms with Crippen molar-refractivity contribution in [3.8, 4) is 6.07 Å². The Morgan fingerprint density at radius 3 is 2.75 bits per heavy atom. The van der Waals surface area contributed by atoms with Crippen LogP contribution >= 0.6 is 0 Å². The van der Waals surface area contributed by atoms with Crippen molar-refractivity contribution in [3.63, 3.8) is 0 Å². The predicted molar refractivity (Wildman–Crippen MR) is 55.9 cm³/mol.